The molecule has 0 spiro atoms. The summed E-state index contributed by atoms with van der Waals surface area (Å²) in [6.45, 7) is 6.83. The van der Waals surface area contributed by atoms with E-state index in [1.165, 1.54) is 0 Å². The molecule has 2 heterocycles. The summed E-state index contributed by atoms with van der Waals surface area (Å²) in [5.41, 5.74) is 4.55. The number of rotatable bonds is 5. The second-order valence-corrected chi connectivity index (χ2v) is 7.85. The number of amides is 2. The molecule has 31 heavy (non-hydrogen) atoms. The lowest BCUT2D eigenvalue weighted by Gasteiger charge is -2.34. The van der Waals surface area contributed by atoms with Gasteiger partial charge < -0.3 is 10.2 Å². The molecule has 1 saturated heterocycles. The molecule has 1 fully saturated rings. The number of anilines is 1. The van der Waals surface area contributed by atoms with Crippen LogP contribution in [0.2, 0.25) is 0 Å². The van der Waals surface area contributed by atoms with Gasteiger partial charge in [0.1, 0.15) is 5.69 Å². The summed E-state index contributed by atoms with van der Waals surface area (Å²) in [7, 11) is 0. The van der Waals surface area contributed by atoms with Crippen molar-refractivity contribution in [2.75, 3.05) is 38.0 Å². The van der Waals surface area contributed by atoms with Crippen LogP contribution in [0.1, 0.15) is 21.6 Å². The van der Waals surface area contributed by atoms with Crippen molar-refractivity contribution in [3.63, 3.8) is 0 Å². The predicted molar refractivity (Wildman–Crippen MR) is 120 cm³/mol. The average molecular weight is 418 g/mol. The minimum absolute atomic E-state index is 0.0318. The Balaban J connectivity index is 1.33. The van der Waals surface area contributed by atoms with E-state index >= 15 is 0 Å². The molecule has 0 aliphatic carbocycles. The molecule has 1 aliphatic heterocycles. The van der Waals surface area contributed by atoms with Crippen LogP contribution in [-0.2, 0) is 4.79 Å². The lowest BCUT2D eigenvalue weighted by atomic mass is 10.1. The normalized spacial score (nSPS) is 14.5. The zero-order valence-electron chi connectivity index (χ0n) is 17.9. The number of nitrogens with one attached hydrogen (secondary N) is 1. The molecule has 1 aromatic heterocycles. The van der Waals surface area contributed by atoms with Gasteiger partial charge in [-0.05, 0) is 43.2 Å². The summed E-state index contributed by atoms with van der Waals surface area (Å²) in [5, 5.41) is 3.01. The highest BCUT2D eigenvalue weighted by atomic mass is 16.2. The van der Waals surface area contributed by atoms with Gasteiger partial charge in [0.05, 0.1) is 19.1 Å². The Kier molecular flexibility index (Phi) is 6.13. The van der Waals surface area contributed by atoms with Crippen molar-refractivity contribution >= 4 is 17.5 Å². The Labute approximate surface area is 182 Å². The number of para-hydroxylation sites is 1. The number of hydrogen-bond acceptors (Lipinski definition) is 4. The minimum Gasteiger partial charge on any atom is -0.335 e. The van der Waals surface area contributed by atoms with Crippen LogP contribution in [0.25, 0.3) is 5.69 Å². The van der Waals surface area contributed by atoms with Gasteiger partial charge in [0.15, 0.2) is 0 Å². The summed E-state index contributed by atoms with van der Waals surface area (Å²) in [5.74, 6) is -0.0727. The first-order valence-corrected chi connectivity index (χ1v) is 10.5. The highest BCUT2D eigenvalue weighted by Crippen LogP contribution is 2.18. The maximum absolute atomic E-state index is 13.1. The van der Waals surface area contributed by atoms with Crippen LogP contribution >= 0.6 is 0 Å². The number of imidazole rings is 1. The van der Waals surface area contributed by atoms with Gasteiger partial charge in [-0.15, -0.1) is 0 Å². The standard InChI is InChI=1S/C24H27N5O2/c1-18-7-6-10-21(19(18)2)26-23(30)16-27-11-13-28(14-12-27)24(31)22-15-25-17-29(22)20-8-4-3-5-9-20/h3-10,15,17H,11-14,16H2,1-2H3,(H,26,30). The summed E-state index contributed by atoms with van der Waals surface area (Å²) in [6.07, 6.45) is 3.27. The van der Waals surface area contributed by atoms with Crippen molar-refractivity contribution in [3.05, 3.63) is 77.9 Å². The molecular weight excluding hydrogens is 390 g/mol. The Hall–Kier alpha value is -3.45. The van der Waals surface area contributed by atoms with E-state index in [0.29, 0.717) is 38.4 Å². The van der Waals surface area contributed by atoms with Crippen LogP contribution in [0.3, 0.4) is 0 Å². The Morgan fingerprint density at radius 3 is 2.45 bits per heavy atom. The van der Waals surface area contributed by atoms with Crippen LogP contribution in [0, 0.1) is 13.8 Å². The van der Waals surface area contributed by atoms with Crippen LogP contribution in [0.4, 0.5) is 5.69 Å². The Morgan fingerprint density at radius 1 is 0.968 bits per heavy atom. The topological polar surface area (TPSA) is 70.5 Å². The third kappa shape index (κ3) is 4.67. The first-order valence-electron chi connectivity index (χ1n) is 10.5. The average Bonchev–Trinajstić information content (AvgIpc) is 3.27. The van der Waals surface area contributed by atoms with E-state index in [2.05, 4.69) is 15.2 Å². The largest absolute Gasteiger partial charge is 0.335 e. The van der Waals surface area contributed by atoms with E-state index in [9.17, 15) is 9.59 Å². The van der Waals surface area contributed by atoms with Crippen molar-refractivity contribution in [2.24, 2.45) is 0 Å². The summed E-state index contributed by atoms with van der Waals surface area (Å²) < 4.78 is 1.81. The number of benzene rings is 2. The van der Waals surface area contributed by atoms with Crippen molar-refractivity contribution in [1.29, 1.82) is 0 Å². The van der Waals surface area contributed by atoms with Crippen LogP contribution < -0.4 is 5.32 Å². The maximum Gasteiger partial charge on any atom is 0.272 e. The highest BCUT2D eigenvalue weighted by molar-refractivity contribution is 5.94. The number of piperazine rings is 1. The molecule has 4 rings (SSSR count). The second-order valence-electron chi connectivity index (χ2n) is 7.85. The smallest absolute Gasteiger partial charge is 0.272 e. The van der Waals surface area contributed by atoms with Gasteiger partial charge in [-0.25, -0.2) is 4.98 Å². The fourth-order valence-corrected chi connectivity index (χ4v) is 3.80. The number of aryl methyl sites for hydroxylation is 1. The van der Waals surface area contributed by atoms with Gasteiger partial charge in [-0.3, -0.25) is 19.1 Å². The van der Waals surface area contributed by atoms with Crippen molar-refractivity contribution in [3.8, 4) is 5.69 Å². The molecule has 0 radical (unpaired) electrons. The number of carbonyl (C=O) groups excluding carboxylic acids is 2. The molecule has 0 bridgehead atoms. The van der Waals surface area contributed by atoms with Crippen LogP contribution in [0.5, 0.6) is 0 Å². The van der Waals surface area contributed by atoms with Gasteiger partial charge in [0.2, 0.25) is 5.91 Å². The molecule has 1 N–H and O–H groups in total. The molecule has 0 saturated carbocycles. The van der Waals surface area contributed by atoms with E-state index in [-0.39, 0.29) is 11.8 Å². The van der Waals surface area contributed by atoms with Gasteiger partial charge in [0.25, 0.3) is 5.91 Å². The Bertz CT molecular complexity index is 1070. The van der Waals surface area contributed by atoms with E-state index in [0.717, 1.165) is 22.5 Å². The molecular formula is C24H27N5O2. The third-order valence-corrected chi connectivity index (χ3v) is 5.80. The number of nitrogens with zero attached hydrogens (tertiary/aromatic N) is 4. The number of hydrogen-bond donors (Lipinski definition) is 1. The van der Waals surface area contributed by atoms with Gasteiger partial charge in [-0.2, -0.15) is 0 Å². The molecule has 7 nitrogen and oxygen atoms in total. The minimum atomic E-state index is -0.0409. The van der Waals surface area contributed by atoms with Crippen molar-refractivity contribution < 1.29 is 9.59 Å². The molecule has 160 valence electrons. The molecule has 7 heteroatoms. The number of aromatic nitrogens is 2. The van der Waals surface area contributed by atoms with Gasteiger partial charge in [-0.1, -0.05) is 30.3 Å². The molecule has 2 aromatic carbocycles. The first kappa shape index (κ1) is 20.8. The third-order valence-electron chi connectivity index (χ3n) is 5.80. The first-order chi connectivity index (χ1) is 15.0. The zero-order chi connectivity index (χ0) is 21.8. The quantitative estimate of drug-likeness (QED) is 0.693. The molecule has 1 aliphatic rings. The molecule has 3 aromatic rings. The van der Waals surface area contributed by atoms with Crippen molar-refractivity contribution in [2.45, 2.75) is 13.8 Å². The summed E-state index contributed by atoms with van der Waals surface area (Å²) >= 11 is 0. The number of carbonyl (C=O) groups is 2. The maximum atomic E-state index is 13.1. The van der Waals surface area contributed by atoms with Gasteiger partial charge >= 0.3 is 0 Å². The molecule has 2 amide bonds. The van der Waals surface area contributed by atoms with Crippen LogP contribution in [0.15, 0.2) is 61.1 Å². The fraction of sp³-hybridized carbons (Fsp3) is 0.292. The predicted octanol–water partition coefficient (Wildman–Crippen LogP) is 2.89. The van der Waals surface area contributed by atoms with Crippen molar-refractivity contribution in [1.82, 2.24) is 19.4 Å². The lowest BCUT2D eigenvalue weighted by Crippen LogP contribution is -2.50. The SMILES string of the molecule is Cc1cccc(NC(=O)CN2CCN(C(=O)c3cncn3-c3ccccc3)CC2)c1C. The molecule has 0 atom stereocenters. The lowest BCUT2D eigenvalue weighted by molar-refractivity contribution is -0.117. The second kappa shape index (κ2) is 9.14. The monoisotopic (exact) mass is 417 g/mol. The van der Waals surface area contributed by atoms with Gasteiger partial charge in [0, 0.05) is 37.6 Å². The fourth-order valence-electron chi connectivity index (χ4n) is 3.80. The van der Waals surface area contributed by atoms with E-state index in [1.54, 1.807) is 12.5 Å². The zero-order valence-corrected chi connectivity index (χ0v) is 17.9. The van der Waals surface area contributed by atoms with Crippen LogP contribution in [-0.4, -0.2) is 63.9 Å². The van der Waals surface area contributed by atoms with E-state index in [1.807, 2.05) is 71.8 Å². The molecule has 0 unspecified atom stereocenters. The van der Waals surface area contributed by atoms with E-state index < -0.39 is 0 Å². The summed E-state index contributed by atoms with van der Waals surface area (Å²) in [6, 6.07) is 15.6. The highest BCUT2D eigenvalue weighted by Gasteiger charge is 2.25. The Morgan fingerprint density at radius 2 is 1.71 bits per heavy atom. The van der Waals surface area contributed by atoms with E-state index in [4.69, 9.17) is 0 Å². The summed E-state index contributed by atoms with van der Waals surface area (Å²) in [4.78, 5) is 33.6.